The number of amides is 1. The average Bonchev–Trinajstić information content (AvgIpc) is 2.61. The molecule has 1 aliphatic rings. The molecule has 1 N–H and O–H groups in total. The standard InChI is InChI=1S/C21H23Cl2N3O/c1-13-11-21(2,3)26(4)19-10-18(23)15(9-17(13)19)12-24-25-20(27)14-5-7-16(22)8-6-14/h5-10,12-13H,11H2,1-4H3,(H,25,27)/b24-12-/t13-/m0/s1. The smallest absolute Gasteiger partial charge is 0.271 e. The van der Waals surface area contributed by atoms with Crippen LogP contribution in [0.3, 0.4) is 0 Å². The molecule has 142 valence electrons. The van der Waals surface area contributed by atoms with Crippen LogP contribution in [0.4, 0.5) is 5.69 Å². The molecular weight excluding hydrogens is 381 g/mol. The van der Waals surface area contributed by atoms with Gasteiger partial charge in [0.2, 0.25) is 0 Å². The molecule has 3 rings (SSSR count). The minimum absolute atomic E-state index is 0.0813. The molecule has 1 atom stereocenters. The number of hydrogen-bond donors (Lipinski definition) is 1. The lowest BCUT2D eigenvalue weighted by molar-refractivity contribution is 0.0955. The predicted octanol–water partition coefficient (Wildman–Crippen LogP) is 5.48. The Morgan fingerprint density at radius 3 is 2.59 bits per heavy atom. The van der Waals surface area contributed by atoms with Crippen molar-refractivity contribution in [3.63, 3.8) is 0 Å². The van der Waals surface area contributed by atoms with Gasteiger partial charge in [0, 0.05) is 34.4 Å². The van der Waals surface area contributed by atoms with Crippen LogP contribution in [0.1, 0.15) is 54.6 Å². The normalized spacial score (nSPS) is 18.4. The Hall–Kier alpha value is -2.04. The summed E-state index contributed by atoms with van der Waals surface area (Å²) in [5.74, 6) is 0.117. The van der Waals surface area contributed by atoms with Gasteiger partial charge in [0.05, 0.1) is 11.2 Å². The van der Waals surface area contributed by atoms with Crippen molar-refractivity contribution in [3.05, 3.63) is 63.1 Å². The van der Waals surface area contributed by atoms with E-state index in [9.17, 15) is 4.79 Å². The molecule has 0 unspecified atom stereocenters. The van der Waals surface area contributed by atoms with Gasteiger partial charge in [-0.15, -0.1) is 0 Å². The van der Waals surface area contributed by atoms with E-state index in [4.69, 9.17) is 23.2 Å². The van der Waals surface area contributed by atoms with E-state index in [0.29, 0.717) is 21.5 Å². The van der Waals surface area contributed by atoms with Crippen molar-refractivity contribution >= 4 is 41.0 Å². The van der Waals surface area contributed by atoms with Crippen molar-refractivity contribution in [1.82, 2.24) is 5.43 Å². The van der Waals surface area contributed by atoms with E-state index in [-0.39, 0.29) is 11.4 Å². The highest BCUT2D eigenvalue weighted by Gasteiger charge is 2.34. The maximum Gasteiger partial charge on any atom is 0.271 e. The third-order valence-corrected chi connectivity index (χ3v) is 5.81. The molecule has 0 bridgehead atoms. The Balaban J connectivity index is 1.80. The Bertz CT molecular complexity index is 891. The van der Waals surface area contributed by atoms with Crippen LogP contribution in [-0.4, -0.2) is 24.7 Å². The molecule has 2 aromatic carbocycles. The number of hydrogen-bond acceptors (Lipinski definition) is 3. The quantitative estimate of drug-likeness (QED) is 0.544. The van der Waals surface area contributed by atoms with E-state index >= 15 is 0 Å². The second kappa shape index (κ2) is 7.53. The van der Waals surface area contributed by atoms with Gasteiger partial charge >= 0.3 is 0 Å². The summed E-state index contributed by atoms with van der Waals surface area (Å²) in [5, 5.41) is 5.26. The van der Waals surface area contributed by atoms with Crippen LogP contribution in [0.5, 0.6) is 0 Å². The van der Waals surface area contributed by atoms with Crippen molar-refractivity contribution in [2.24, 2.45) is 5.10 Å². The molecule has 0 radical (unpaired) electrons. The van der Waals surface area contributed by atoms with Crippen LogP contribution in [0, 0.1) is 0 Å². The van der Waals surface area contributed by atoms with Gasteiger partial charge in [-0.1, -0.05) is 30.1 Å². The molecule has 27 heavy (non-hydrogen) atoms. The van der Waals surface area contributed by atoms with Gasteiger partial charge in [-0.3, -0.25) is 4.79 Å². The van der Waals surface area contributed by atoms with E-state index < -0.39 is 0 Å². The number of halogens is 2. The molecule has 1 amide bonds. The summed E-state index contributed by atoms with van der Waals surface area (Å²) < 4.78 is 0. The lowest BCUT2D eigenvalue weighted by atomic mass is 9.80. The second-order valence-electron chi connectivity index (χ2n) is 7.62. The fourth-order valence-corrected chi connectivity index (χ4v) is 3.86. The van der Waals surface area contributed by atoms with Gasteiger partial charge in [0.15, 0.2) is 0 Å². The molecule has 2 aromatic rings. The summed E-state index contributed by atoms with van der Waals surface area (Å²) in [4.78, 5) is 14.4. The van der Waals surface area contributed by atoms with Gasteiger partial charge in [0.25, 0.3) is 5.91 Å². The lowest BCUT2D eigenvalue weighted by Crippen LogP contribution is -2.45. The van der Waals surface area contributed by atoms with Gasteiger partial charge in [-0.25, -0.2) is 5.43 Å². The zero-order chi connectivity index (χ0) is 19.8. The summed E-state index contributed by atoms with van der Waals surface area (Å²) >= 11 is 12.3. The summed E-state index contributed by atoms with van der Waals surface area (Å²) in [5.41, 5.74) is 6.27. The van der Waals surface area contributed by atoms with E-state index in [1.807, 2.05) is 6.07 Å². The number of hydrazone groups is 1. The maximum atomic E-state index is 12.1. The summed E-state index contributed by atoms with van der Waals surface area (Å²) in [6.07, 6.45) is 2.64. The van der Waals surface area contributed by atoms with Gasteiger partial charge < -0.3 is 4.90 Å². The Morgan fingerprint density at radius 2 is 1.93 bits per heavy atom. The molecule has 1 aliphatic heterocycles. The van der Waals surface area contributed by atoms with Gasteiger partial charge in [-0.05, 0) is 68.1 Å². The predicted molar refractivity (Wildman–Crippen MR) is 113 cm³/mol. The van der Waals surface area contributed by atoms with Gasteiger partial charge in [-0.2, -0.15) is 5.10 Å². The summed E-state index contributed by atoms with van der Waals surface area (Å²) in [7, 11) is 2.10. The molecular formula is C21H23Cl2N3O. The van der Waals surface area contributed by atoms with Crippen LogP contribution < -0.4 is 10.3 Å². The molecule has 0 aliphatic carbocycles. The van der Waals surface area contributed by atoms with Crippen LogP contribution >= 0.6 is 23.2 Å². The first-order chi connectivity index (χ1) is 12.7. The monoisotopic (exact) mass is 403 g/mol. The fourth-order valence-electron chi connectivity index (χ4n) is 3.53. The molecule has 1 heterocycles. The number of rotatable bonds is 3. The highest BCUT2D eigenvalue weighted by Crippen LogP contribution is 2.44. The van der Waals surface area contributed by atoms with Crippen LogP contribution in [0.2, 0.25) is 10.0 Å². The maximum absolute atomic E-state index is 12.1. The van der Waals surface area contributed by atoms with Crippen LogP contribution in [0.15, 0.2) is 41.5 Å². The molecule has 0 aromatic heterocycles. The van der Waals surface area contributed by atoms with Crippen LogP contribution in [0.25, 0.3) is 0 Å². The molecule has 0 saturated heterocycles. The number of benzene rings is 2. The lowest BCUT2D eigenvalue weighted by Gasteiger charge is -2.45. The first kappa shape index (κ1) is 19.7. The number of anilines is 1. The van der Waals surface area contributed by atoms with E-state index in [1.165, 1.54) is 5.56 Å². The first-order valence-corrected chi connectivity index (χ1v) is 9.61. The van der Waals surface area contributed by atoms with Gasteiger partial charge in [0.1, 0.15) is 0 Å². The van der Waals surface area contributed by atoms with Crippen molar-refractivity contribution in [2.45, 2.75) is 38.6 Å². The molecule has 0 saturated carbocycles. The largest absolute Gasteiger partial charge is 0.369 e. The Kier molecular flexibility index (Phi) is 5.50. The minimum atomic E-state index is -0.299. The van der Waals surface area contributed by atoms with Crippen molar-refractivity contribution in [3.8, 4) is 0 Å². The number of fused-ring (bicyclic) bond motifs is 1. The van der Waals surface area contributed by atoms with Crippen molar-refractivity contribution < 1.29 is 4.79 Å². The zero-order valence-corrected chi connectivity index (χ0v) is 17.4. The van der Waals surface area contributed by atoms with E-state index in [0.717, 1.165) is 17.7 Å². The van der Waals surface area contributed by atoms with Crippen LogP contribution in [-0.2, 0) is 0 Å². The number of carbonyl (C=O) groups is 1. The molecule has 0 fully saturated rings. The molecule has 6 heteroatoms. The Labute approximate surface area is 170 Å². The number of nitrogens with one attached hydrogen (secondary N) is 1. The summed E-state index contributed by atoms with van der Waals surface area (Å²) in [6.45, 7) is 6.70. The third-order valence-electron chi connectivity index (χ3n) is 5.23. The second-order valence-corrected chi connectivity index (χ2v) is 8.46. The average molecular weight is 404 g/mol. The highest BCUT2D eigenvalue weighted by atomic mass is 35.5. The topological polar surface area (TPSA) is 44.7 Å². The fraction of sp³-hybridized carbons (Fsp3) is 0.333. The first-order valence-electron chi connectivity index (χ1n) is 8.85. The zero-order valence-electron chi connectivity index (χ0n) is 15.9. The highest BCUT2D eigenvalue weighted by molar-refractivity contribution is 6.33. The number of nitrogens with zero attached hydrogens (tertiary/aromatic N) is 2. The third kappa shape index (κ3) is 4.12. The number of carbonyl (C=O) groups excluding carboxylic acids is 1. The summed E-state index contributed by atoms with van der Waals surface area (Å²) in [6, 6.07) is 10.7. The van der Waals surface area contributed by atoms with E-state index in [1.54, 1.807) is 30.5 Å². The van der Waals surface area contributed by atoms with Crippen molar-refractivity contribution in [2.75, 3.05) is 11.9 Å². The SMILES string of the molecule is C[C@H]1CC(C)(C)N(C)c2cc(Cl)c(/C=N\NC(=O)c3ccc(Cl)cc3)cc21. The molecule has 4 nitrogen and oxygen atoms in total. The van der Waals surface area contributed by atoms with Crippen molar-refractivity contribution in [1.29, 1.82) is 0 Å². The Morgan fingerprint density at radius 1 is 1.26 bits per heavy atom. The minimum Gasteiger partial charge on any atom is -0.369 e. The van der Waals surface area contributed by atoms with E-state index in [2.05, 4.69) is 49.3 Å². The molecule has 0 spiro atoms.